The Labute approximate surface area is 174 Å². The summed E-state index contributed by atoms with van der Waals surface area (Å²) in [5, 5.41) is 1.08. The van der Waals surface area contributed by atoms with E-state index in [1.54, 1.807) is 18.2 Å². The van der Waals surface area contributed by atoms with Crippen LogP contribution in [0.1, 0.15) is 12.0 Å². The lowest BCUT2D eigenvalue weighted by atomic mass is 10.2. The molecule has 0 saturated carbocycles. The van der Waals surface area contributed by atoms with Crippen molar-refractivity contribution in [1.82, 2.24) is 0 Å². The van der Waals surface area contributed by atoms with Gasteiger partial charge in [0.15, 0.2) is 5.96 Å². The molecule has 0 aliphatic rings. The molecule has 0 aliphatic heterocycles. The molecule has 0 fully saturated rings. The number of benzene rings is 2. The van der Waals surface area contributed by atoms with Gasteiger partial charge in [-0.05, 0) is 35.9 Å². The van der Waals surface area contributed by atoms with Gasteiger partial charge in [-0.15, -0.1) is 24.0 Å². The van der Waals surface area contributed by atoms with Gasteiger partial charge in [-0.1, -0.05) is 35.3 Å². The van der Waals surface area contributed by atoms with E-state index in [0.717, 1.165) is 17.7 Å². The number of nitrogens with two attached hydrogens (primary N) is 2. The van der Waals surface area contributed by atoms with Gasteiger partial charge in [-0.2, -0.15) is 0 Å². The number of aliphatic imine (C=N–C) groups is 1. The summed E-state index contributed by atoms with van der Waals surface area (Å²) in [5.74, 6) is 1.48. The van der Waals surface area contributed by atoms with Crippen LogP contribution >= 0.6 is 47.2 Å². The maximum absolute atomic E-state index is 6.03. The monoisotopic (exact) mass is 495 g/mol. The fraction of sp³-hybridized carbons (Fsp3) is 0.235. The number of halogens is 3. The van der Waals surface area contributed by atoms with Gasteiger partial charge in [0.25, 0.3) is 0 Å². The first-order valence-corrected chi connectivity index (χ1v) is 8.15. The minimum atomic E-state index is 0. The van der Waals surface area contributed by atoms with Crippen LogP contribution in [0.3, 0.4) is 0 Å². The van der Waals surface area contributed by atoms with Crippen LogP contribution in [0.15, 0.2) is 47.5 Å². The first kappa shape index (κ1) is 21.7. The number of hydrogen-bond donors (Lipinski definition) is 2. The predicted molar refractivity (Wildman–Crippen MR) is 113 cm³/mol. The Kier molecular flexibility index (Phi) is 9.77. The zero-order valence-electron chi connectivity index (χ0n) is 13.5. The molecule has 0 atom stereocenters. The van der Waals surface area contributed by atoms with Crippen LogP contribution in [-0.2, 0) is 6.54 Å². The fourth-order valence-corrected chi connectivity index (χ4v) is 2.36. The Hall–Kier alpha value is -1.38. The SMILES string of the molecule is I.NC(N)=NCc1ccc(OCCCOc2ccc(Cl)cc2Cl)cc1. The molecule has 0 saturated heterocycles. The highest BCUT2D eigenvalue weighted by Gasteiger charge is 2.02. The van der Waals surface area contributed by atoms with Crippen LogP contribution in [0.2, 0.25) is 10.0 Å². The van der Waals surface area contributed by atoms with Crippen LogP contribution in [0.4, 0.5) is 0 Å². The van der Waals surface area contributed by atoms with E-state index in [2.05, 4.69) is 4.99 Å². The van der Waals surface area contributed by atoms with Crippen molar-refractivity contribution >= 4 is 53.1 Å². The molecule has 2 aromatic rings. The van der Waals surface area contributed by atoms with Crippen molar-refractivity contribution in [1.29, 1.82) is 0 Å². The lowest BCUT2D eigenvalue weighted by Gasteiger charge is -2.09. The van der Waals surface area contributed by atoms with Crippen molar-refractivity contribution in [2.45, 2.75) is 13.0 Å². The average Bonchev–Trinajstić information content (AvgIpc) is 2.55. The highest BCUT2D eigenvalue weighted by Crippen LogP contribution is 2.27. The molecule has 8 heteroatoms. The molecular formula is C17H20Cl2IN3O2. The molecule has 0 aliphatic carbocycles. The summed E-state index contributed by atoms with van der Waals surface area (Å²) in [7, 11) is 0. The van der Waals surface area contributed by atoms with Crippen LogP contribution in [0.5, 0.6) is 11.5 Å². The third-order valence-electron chi connectivity index (χ3n) is 3.08. The third kappa shape index (κ3) is 8.02. The van der Waals surface area contributed by atoms with Crippen molar-refractivity contribution in [3.63, 3.8) is 0 Å². The zero-order chi connectivity index (χ0) is 17.4. The van der Waals surface area contributed by atoms with Crippen LogP contribution < -0.4 is 20.9 Å². The van der Waals surface area contributed by atoms with Gasteiger partial charge in [0.05, 0.1) is 24.8 Å². The number of rotatable bonds is 8. The fourth-order valence-electron chi connectivity index (χ4n) is 1.90. The molecule has 25 heavy (non-hydrogen) atoms. The minimum Gasteiger partial charge on any atom is -0.493 e. The summed E-state index contributed by atoms with van der Waals surface area (Å²) in [4.78, 5) is 3.95. The summed E-state index contributed by atoms with van der Waals surface area (Å²) in [6.07, 6.45) is 0.731. The van der Waals surface area contributed by atoms with E-state index in [1.807, 2.05) is 24.3 Å². The standard InChI is InChI=1S/C17H19Cl2N3O2.HI/c18-13-4-7-16(15(19)10-13)24-9-1-8-23-14-5-2-12(3-6-14)11-22-17(20)21;/h2-7,10H,1,8-9,11H2,(H4,20,21,22);1H. The Morgan fingerprint density at radius 3 is 2.28 bits per heavy atom. The van der Waals surface area contributed by atoms with Gasteiger partial charge < -0.3 is 20.9 Å². The van der Waals surface area contributed by atoms with Gasteiger partial charge in [0.2, 0.25) is 0 Å². The Bertz CT molecular complexity index is 693. The first-order valence-electron chi connectivity index (χ1n) is 7.39. The van der Waals surface area contributed by atoms with Crippen molar-refractivity contribution in [2.24, 2.45) is 16.5 Å². The van der Waals surface area contributed by atoms with Gasteiger partial charge in [-0.3, -0.25) is 0 Å². The van der Waals surface area contributed by atoms with E-state index in [4.69, 9.17) is 44.1 Å². The van der Waals surface area contributed by atoms with Crippen molar-refractivity contribution in [2.75, 3.05) is 13.2 Å². The van der Waals surface area contributed by atoms with E-state index in [-0.39, 0.29) is 29.9 Å². The van der Waals surface area contributed by atoms with Crippen molar-refractivity contribution in [3.8, 4) is 11.5 Å². The summed E-state index contributed by atoms with van der Waals surface area (Å²) in [5.41, 5.74) is 11.6. The van der Waals surface area contributed by atoms with Gasteiger partial charge in [-0.25, -0.2) is 4.99 Å². The molecular weight excluding hydrogens is 476 g/mol. The molecule has 2 rings (SSSR count). The second-order valence-corrected chi connectivity index (χ2v) is 5.85. The molecule has 0 spiro atoms. The number of nitrogens with zero attached hydrogens (tertiary/aromatic N) is 1. The highest BCUT2D eigenvalue weighted by atomic mass is 127. The molecule has 0 unspecified atom stereocenters. The van der Waals surface area contributed by atoms with Gasteiger partial charge in [0.1, 0.15) is 11.5 Å². The Balaban J connectivity index is 0.00000312. The molecule has 5 nitrogen and oxygen atoms in total. The number of guanidine groups is 1. The number of ether oxygens (including phenoxy) is 2. The second kappa shape index (κ2) is 11.3. The van der Waals surface area contributed by atoms with E-state index in [9.17, 15) is 0 Å². The van der Waals surface area contributed by atoms with Crippen molar-refractivity contribution < 1.29 is 9.47 Å². The molecule has 0 amide bonds. The van der Waals surface area contributed by atoms with Crippen LogP contribution in [-0.4, -0.2) is 19.2 Å². The molecule has 0 heterocycles. The Morgan fingerprint density at radius 2 is 1.64 bits per heavy atom. The number of hydrogen-bond acceptors (Lipinski definition) is 3. The molecule has 2 aromatic carbocycles. The zero-order valence-corrected chi connectivity index (χ0v) is 17.3. The summed E-state index contributed by atoms with van der Waals surface area (Å²) in [6.45, 7) is 1.50. The maximum Gasteiger partial charge on any atom is 0.186 e. The lowest BCUT2D eigenvalue weighted by molar-refractivity contribution is 0.247. The summed E-state index contributed by atoms with van der Waals surface area (Å²) in [6, 6.07) is 12.8. The quantitative estimate of drug-likeness (QED) is 0.248. The highest BCUT2D eigenvalue weighted by molar-refractivity contribution is 14.0. The van der Waals surface area contributed by atoms with E-state index >= 15 is 0 Å². The molecule has 4 N–H and O–H groups in total. The maximum atomic E-state index is 6.03. The van der Waals surface area contributed by atoms with Crippen LogP contribution in [0.25, 0.3) is 0 Å². The molecule has 0 radical (unpaired) electrons. The van der Waals surface area contributed by atoms with E-state index < -0.39 is 0 Å². The largest absolute Gasteiger partial charge is 0.493 e. The van der Waals surface area contributed by atoms with Gasteiger partial charge >= 0.3 is 0 Å². The van der Waals surface area contributed by atoms with E-state index in [0.29, 0.717) is 35.6 Å². The normalized spacial score (nSPS) is 9.84. The summed E-state index contributed by atoms with van der Waals surface area (Å²) < 4.78 is 11.2. The average molecular weight is 496 g/mol. The molecule has 0 aromatic heterocycles. The Morgan fingerprint density at radius 1 is 0.960 bits per heavy atom. The third-order valence-corrected chi connectivity index (χ3v) is 3.61. The van der Waals surface area contributed by atoms with Gasteiger partial charge in [0, 0.05) is 11.4 Å². The topological polar surface area (TPSA) is 82.9 Å². The predicted octanol–water partition coefficient (Wildman–Crippen LogP) is 4.23. The van der Waals surface area contributed by atoms with Crippen molar-refractivity contribution in [3.05, 3.63) is 58.1 Å². The smallest absolute Gasteiger partial charge is 0.186 e. The first-order chi connectivity index (χ1) is 11.5. The molecule has 136 valence electrons. The minimum absolute atomic E-state index is 0. The van der Waals surface area contributed by atoms with E-state index in [1.165, 1.54) is 0 Å². The lowest BCUT2D eigenvalue weighted by Crippen LogP contribution is -2.22. The second-order valence-electron chi connectivity index (χ2n) is 5.01. The molecule has 0 bridgehead atoms. The summed E-state index contributed by atoms with van der Waals surface area (Å²) >= 11 is 11.9. The van der Waals surface area contributed by atoms with Crippen LogP contribution in [0, 0.1) is 0 Å².